The Balaban J connectivity index is 2.00. The maximum absolute atomic E-state index is 5.31. The van der Waals surface area contributed by atoms with E-state index in [1.165, 1.54) is 0 Å². The molecule has 3 nitrogen and oxygen atoms in total. The molecular weight excluding hydrogens is 208 g/mol. The van der Waals surface area contributed by atoms with Crippen LogP contribution in [0.5, 0.6) is 0 Å². The Labute approximate surface area is 97.9 Å². The maximum atomic E-state index is 5.31. The van der Waals surface area contributed by atoms with E-state index in [2.05, 4.69) is 30.3 Å². The first-order chi connectivity index (χ1) is 7.14. The van der Waals surface area contributed by atoms with Gasteiger partial charge >= 0.3 is 0 Å². The van der Waals surface area contributed by atoms with Crippen LogP contribution in [-0.2, 0) is 4.74 Å². The average molecular weight is 232 g/mol. The zero-order chi connectivity index (χ0) is 11.1. The van der Waals surface area contributed by atoms with Crippen LogP contribution in [0.3, 0.4) is 0 Å². The van der Waals surface area contributed by atoms with Crippen LogP contribution < -0.4 is 5.32 Å². The lowest BCUT2D eigenvalue weighted by Gasteiger charge is -2.28. The number of ether oxygens (including phenoxy) is 1. The van der Waals surface area contributed by atoms with Crippen molar-refractivity contribution in [3.8, 4) is 0 Å². The van der Waals surface area contributed by atoms with Gasteiger partial charge in [-0.2, -0.15) is 11.8 Å². The summed E-state index contributed by atoms with van der Waals surface area (Å²) in [6.07, 6.45) is 2.17. The van der Waals surface area contributed by atoms with Crippen LogP contribution in [0.4, 0.5) is 0 Å². The van der Waals surface area contributed by atoms with Crippen molar-refractivity contribution in [3.05, 3.63) is 0 Å². The van der Waals surface area contributed by atoms with Crippen molar-refractivity contribution in [2.24, 2.45) is 0 Å². The Bertz CT molecular complexity index is 170. The van der Waals surface area contributed by atoms with Gasteiger partial charge in [0.2, 0.25) is 0 Å². The Morgan fingerprint density at radius 1 is 1.33 bits per heavy atom. The zero-order valence-electron chi connectivity index (χ0n) is 10.2. The molecule has 0 aromatic carbocycles. The van der Waals surface area contributed by atoms with Crippen molar-refractivity contribution in [1.82, 2.24) is 10.2 Å². The summed E-state index contributed by atoms with van der Waals surface area (Å²) in [4.78, 5) is 2.46. The molecule has 1 aliphatic heterocycles. The Morgan fingerprint density at radius 2 is 2.00 bits per heavy atom. The molecule has 0 saturated carbocycles. The van der Waals surface area contributed by atoms with Crippen LogP contribution in [0.1, 0.15) is 13.8 Å². The number of rotatable bonds is 6. The van der Waals surface area contributed by atoms with E-state index in [1.807, 2.05) is 11.8 Å². The molecule has 0 aromatic rings. The average Bonchev–Trinajstić information content (AvgIpc) is 2.26. The fraction of sp³-hybridized carbons (Fsp3) is 1.00. The maximum Gasteiger partial charge on any atom is 0.0594 e. The van der Waals surface area contributed by atoms with Crippen LogP contribution in [0.15, 0.2) is 0 Å². The van der Waals surface area contributed by atoms with Gasteiger partial charge in [0.05, 0.1) is 13.2 Å². The molecule has 0 spiro atoms. The monoisotopic (exact) mass is 232 g/mol. The molecule has 0 radical (unpaired) electrons. The topological polar surface area (TPSA) is 24.5 Å². The number of thioether (sulfide) groups is 1. The van der Waals surface area contributed by atoms with Gasteiger partial charge in [0, 0.05) is 37.5 Å². The molecule has 1 heterocycles. The normalized spacial score (nSPS) is 19.4. The Morgan fingerprint density at radius 3 is 2.60 bits per heavy atom. The molecule has 15 heavy (non-hydrogen) atoms. The molecule has 1 aliphatic rings. The van der Waals surface area contributed by atoms with Crippen LogP contribution in [0, 0.1) is 0 Å². The molecule has 1 saturated heterocycles. The minimum atomic E-state index is 0.352. The Hall–Kier alpha value is 0.230. The van der Waals surface area contributed by atoms with E-state index in [4.69, 9.17) is 4.74 Å². The first-order valence-corrected chi connectivity index (χ1v) is 6.92. The van der Waals surface area contributed by atoms with Gasteiger partial charge in [0.1, 0.15) is 0 Å². The van der Waals surface area contributed by atoms with Gasteiger partial charge in [-0.3, -0.25) is 4.90 Å². The van der Waals surface area contributed by atoms with Crippen molar-refractivity contribution < 1.29 is 4.74 Å². The van der Waals surface area contributed by atoms with E-state index in [0.29, 0.717) is 4.75 Å². The van der Waals surface area contributed by atoms with Crippen LogP contribution >= 0.6 is 11.8 Å². The number of nitrogens with one attached hydrogen (secondary N) is 1. The van der Waals surface area contributed by atoms with E-state index in [0.717, 1.165) is 45.9 Å². The highest BCUT2D eigenvalue weighted by molar-refractivity contribution is 7.99. The summed E-state index contributed by atoms with van der Waals surface area (Å²) in [5.74, 6) is 0. The van der Waals surface area contributed by atoms with Crippen LogP contribution in [-0.4, -0.2) is 61.8 Å². The van der Waals surface area contributed by atoms with Gasteiger partial charge in [0.25, 0.3) is 0 Å². The molecule has 0 amide bonds. The second-order valence-corrected chi connectivity index (χ2v) is 6.11. The lowest BCUT2D eigenvalue weighted by atomic mass is 10.2. The summed E-state index contributed by atoms with van der Waals surface area (Å²) < 4.78 is 5.66. The fourth-order valence-corrected chi connectivity index (χ4v) is 1.77. The molecule has 90 valence electrons. The Kier molecular flexibility index (Phi) is 5.97. The van der Waals surface area contributed by atoms with Gasteiger partial charge in [0.15, 0.2) is 0 Å². The highest BCUT2D eigenvalue weighted by atomic mass is 32.2. The molecule has 0 bridgehead atoms. The molecule has 0 aromatic heterocycles. The van der Waals surface area contributed by atoms with Crippen LogP contribution in [0.25, 0.3) is 0 Å². The first-order valence-electron chi connectivity index (χ1n) is 5.70. The summed E-state index contributed by atoms with van der Waals surface area (Å²) >= 11 is 1.92. The van der Waals surface area contributed by atoms with Crippen molar-refractivity contribution in [1.29, 1.82) is 0 Å². The highest BCUT2D eigenvalue weighted by Crippen LogP contribution is 2.19. The second-order valence-electron chi connectivity index (χ2n) is 4.59. The van der Waals surface area contributed by atoms with Gasteiger partial charge in [-0.25, -0.2) is 0 Å². The van der Waals surface area contributed by atoms with E-state index in [-0.39, 0.29) is 0 Å². The molecule has 0 unspecified atom stereocenters. The molecule has 4 heteroatoms. The van der Waals surface area contributed by atoms with E-state index >= 15 is 0 Å². The lowest BCUT2D eigenvalue weighted by Crippen LogP contribution is -2.42. The summed E-state index contributed by atoms with van der Waals surface area (Å²) in [5, 5.41) is 3.52. The van der Waals surface area contributed by atoms with E-state index < -0.39 is 0 Å². The summed E-state index contributed by atoms with van der Waals surface area (Å²) in [6.45, 7) is 11.9. The van der Waals surface area contributed by atoms with Gasteiger partial charge in [-0.1, -0.05) is 0 Å². The van der Waals surface area contributed by atoms with Crippen molar-refractivity contribution in [2.75, 3.05) is 52.2 Å². The summed E-state index contributed by atoms with van der Waals surface area (Å²) in [5.41, 5.74) is 0. The third-order valence-corrected chi connectivity index (χ3v) is 4.06. The molecule has 0 atom stereocenters. The predicted molar refractivity (Wildman–Crippen MR) is 67.7 cm³/mol. The second kappa shape index (κ2) is 6.74. The first kappa shape index (κ1) is 13.3. The third kappa shape index (κ3) is 5.76. The van der Waals surface area contributed by atoms with E-state index in [9.17, 15) is 0 Å². The fourth-order valence-electron chi connectivity index (χ4n) is 1.52. The van der Waals surface area contributed by atoms with Crippen molar-refractivity contribution in [2.45, 2.75) is 18.6 Å². The molecule has 1 N–H and O–H groups in total. The number of hydrogen-bond donors (Lipinski definition) is 1. The molecule has 0 aliphatic carbocycles. The van der Waals surface area contributed by atoms with Crippen molar-refractivity contribution >= 4 is 11.8 Å². The standard InChI is InChI=1S/C11H24N2OS/c1-11(2,15-3)10-12-4-5-13-6-8-14-9-7-13/h12H,4-10H2,1-3H3. The minimum Gasteiger partial charge on any atom is -0.379 e. The van der Waals surface area contributed by atoms with Gasteiger partial charge in [-0.15, -0.1) is 0 Å². The minimum absolute atomic E-state index is 0.352. The van der Waals surface area contributed by atoms with Crippen LogP contribution in [0.2, 0.25) is 0 Å². The number of hydrogen-bond acceptors (Lipinski definition) is 4. The van der Waals surface area contributed by atoms with Gasteiger partial charge < -0.3 is 10.1 Å². The quantitative estimate of drug-likeness (QED) is 0.692. The third-order valence-electron chi connectivity index (χ3n) is 2.81. The lowest BCUT2D eigenvalue weighted by molar-refractivity contribution is 0.0384. The largest absolute Gasteiger partial charge is 0.379 e. The summed E-state index contributed by atoms with van der Waals surface area (Å²) in [7, 11) is 0. The highest BCUT2D eigenvalue weighted by Gasteiger charge is 2.15. The smallest absolute Gasteiger partial charge is 0.0594 e. The van der Waals surface area contributed by atoms with Crippen molar-refractivity contribution in [3.63, 3.8) is 0 Å². The predicted octanol–water partition coefficient (Wildman–Crippen LogP) is 1.05. The summed E-state index contributed by atoms with van der Waals surface area (Å²) in [6, 6.07) is 0. The molecular formula is C11H24N2OS. The molecule has 1 rings (SSSR count). The molecule has 1 fully saturated rings. The van der Waals surface area contributed by atoms with E-state index in [1.54, 1.807) is 0 Å². The zero-order valence-corrected chi connectivity index (χ0v) is 11.0. The number of nitrogens with zero attached hydrogens (tertiary/aromatic N) is 1. The SMILES string of the molecule is CSC(C)(C)CNCCN1CCOCC1. The van der Waals surface area contributed by atoms with Gasteiger partial charge in [-0.05, 0) is 20.1 Å². The number of morpholine rings is 1.